The number of nitrogens with two attached hydrogens (primary N) is 2. The molecule has 2 heterocycles. The van der Waals surface area contributed by atoms with Crippen LogP contribution in [0.4, 0.5) is 11.6 Å². The molecule has 20 heavy (non-hydrogen) atoms. The third-order valence-corrected chi connectivity index (χ3v) is 3.70. The van der Waals surface area contributed by atoms with E-state index in [4.69, 9.17) is 11.5 Å². The maximum absolute atomic E-state index is 5.65. The molecule has 0 bridgehead atoms. The summed E-state index contributed by atoms with van der Waals surface area (Å²) in [7, 11) is 0. The Bertz CT molecular complexity index is 739. The number of nitrogen functional groups attached to an aromatic ring is 2. The Morgan fingerprint density at radius 3 is 2.60 bits per heavy atom. The molecule has 6 heteroatoms. The number of hydrogen-bond acceptors (Lipinski definition) is 6. The first-order chi connectivity index (χ1) is 9.70. The summed E-state index contributed by atoms with van der Waals surface area (Å²) >= 11 is 1.51. The Balaban J connectivity index is 1.79. The Morgan fingerprint density at radius 1 is 1.00 bits per heavy atom. The summed E-state index contributed by atoms with van der Waals surface area (Å²) in [6.45, 7) is 0. The van der Waals surface area contributed by atoms with E-state index in [1.807, 2.05) is 18.2 Å². The van der Waals surface area contributed by atoms with Gasteiger partial charge in [0.2, 0.25) is 0 Å². The van der Waals surface area contributed by atoms with Crippen molar-refractivity contribution in [3.63, 3.8) is 0 Å². The molecule has 0 atom stereocenters. The molecular weight excluding hydrogens is 270 g/mol. The fourth-order valence-electron chi connectivity index (χ4n) is 1.89. The lowest BCUT2D eigenvalue weighted by atomic mass is 10.1. The molecule has 0 saturated carbocycles. The summed E-state index contributed by atoms with van der Waals surface area (Å²) in [5.74, 6) is 1.54. The largest absolute Gasteiger partial charge is 0.383 e. The van der Waals surface area contributed by atoms with Crippen molar-refractivity contribution in [1.29, 1.82) is 0 Å². The lowest BCUT2D eigenvalue weighted by molar-refractivity contribution is 0.984. The monoisotopic (exact) mass is 283 g/mol. The first-order valence-corrected chi connectivity index (χ1v) is 7.06. The van der Waals surface area contributed by atoms with Gasteiger partial charge in [-0.25, -0.2) is 9.97 Å². The van der Waals surface area contributed by atoms with Crippen LogP contribution in [0.3, 0.4) is 0 Å². The average molecular weight is 283 g/mol. The lowest BCUT2D eigenvalue weighted by Crippen LogP contribution is -1.99. The molecule has 0 fully saturated rings. The van der Waals surface area contributed by atoms with Crippen molar-refractivity contribution in [3.8, 4) is 0 Å². The van der Waals surface area contributed by atoms with Gasteiger partial charge in [0.05, 0.1) is 5.52 Å². The quantitative estimate of drug-likeness (QED) is 0.567. The molecule has 3 aromatic rings. The van der Waals surface area contributed by atoms with Crippen molar-refractivity contribution in [2.24, 2.45) is 0 Å². The number of pyridine rings is 1. The minimum absolute atomic E-state index is 0.391. The first-order valence-electron chi connectivity index (χ1n) is 6.07. The molecule has 4 N–H and O–H groups in total. The number of hydrogen-bond donors (Lipinski definition) is 2. The molecule has 0 aliphatic heterocycles. The maximum atomic E-state index is 5.65. The zero-order valence-electron chi connectivity index (χ0n) is 10.7. The molecule has 2 aromatic heterocycles. The summed E-state index contributed by atoms with van der Waals surface area (Å²) in [4.78, 5) is 12.6. The van der Waals surface area contributed by atoms with E-state index < -0.39 is 0 Å². The molecule has 0 unspecified atom stereocenters. The van der Waals surface area contributed by atoms with Crippen LogP contribution >= 0.6 is 11.8 Å². The highest BCUT2D eigenvalue weighted by Crippen LogP contribution is 2.23. The molecular formula is C14H13N5S. The van der Waals surface area contributed by atoms with Crippen molar-refractivity contribution in [2.75, 3.05) is 11.5 Å². The second kappa shape index (κ2) is 5.34. The van der Waals surface area contributed by atoms with Gasteiger partial charge < -0.3 is 11.5 Å². The minimum Gasteiger partial charge on any atom is -0.383 e. The number of rotatable bonds is 3. The van der Waals surface area contributed by atoms with Crippen LogP contribution < -0.4 is 11.5 Å². The van der Waals surface area contributed by atoms with Crippen LogP contribution in [0.2, 0.25) is 0 Å². The summed E-state index contributed by atoms with van der Waals surface area (Å²) in [6.07, 6.45) is 1.79. The summed E-state index contributed by atoms with van der Waals surface area (Å²) in [6, 6.07) is 11.7. The third kappa shape index (κ3) is 2.80. The van der Waals surface area contributed by atoms with E-state index >= 15 is 0 Å². The first kappa shape index (κ1) is 12.7. The number of thioether (sulfide) groups is 1. The van der Waals surface area contributed by atoms with Crippen LogP contribution in [0.5, 0.6) is 0 Å². The molecule has 3 rings (SSSR count). The van der Waals surface area contributed by atoms with Crippen LogP contribution in [0.15, 0.2) is 47.8 Å². The Labute approximate surface area is 120 Å². The minimum atomic E-state index is 0.391. The average Bonchev–Trinajstić information content (AvgIpc) is 2.44. The SMILES string of the molecule is Nc1cc(N)nc(SCc2ccc3ncccc3c2)n1. The van der Waals surface area contributed by atoms with E-state index in [1.54, 1.807) is 12.3 Å². The Hall–Kier alpha value is -2.34. The fraction of sp³-hybridized carbons (Fsp3) is 0.0714. The number of benzene rings is 1. The predicted molar refractivity (Wildman–Crippen MR) is 82.2 cm³/mol. The normalized spacial score (nSPS) is 10.8. The summed E-state index contributed by atoms with van der Waals surface area (Å²) in [5.41, 5.74) is 13.5. The van der Waals surface area contributed by atoms with Crippen molar-refractivity contribution in [3.05, 3.63) is 48.2 Å². The Kier molecular flexibility index (Phi) is 3.39. The van der Waals surface area contributed by atoms with Gasteiger partial charge in [0.25, 0.3) is 0 Å². The van der Waals surface area contributed by atoms with Gasteiger partial charge in [0.15, 0.2) is 5.16 Å². The Morgan fingerprint density at radius 2 is 1.80 bits per heavy atom. The highest BCUT2D eigenvalue weighted by atomic mass is 32.2. The number of anilines is 2. The standard InChI is InChI=1S/C14H13N5S/c15-12-7-13(16)19-14(18-12)20-8-9-3-4-11-10(6-9)2-1-5-17-11/h1-7H,8H2,(H4,15,16,18,19). The highest BCUT2D eigenvalue weighted by molar-refractivity contribution is 7.98. The van der Waals surface area contributed by atoms with E-state index in [0.29, 0.717) is 16.8 Å². The zero-order chi connectivity index (χ0) is 13.9. The van der Waals surface area contributed by atoms with Crippen molar-refractivity contribution in [1.82, 2.24) is 15.0 Å². The van der Waals surface area contributed by atoms with Gasteiger partial charge >= 0.3 is 0 Å². The predicted octanol–water partition coefficient (Wildman–Crippen LogP) is 2.48. The van der Waals surface area contributed by atoms with Crippen LogP contribution in [-0.2, 0) is 5.75 Å². The van der Waals surface area contributed by atoms with E-state index in [9.17, 15) is 0 Å². The lowest BCUT2D eigenvalue weighted by Gasteiger charge is -2.04. The van der Waals surface area contributed by atoms with Crippen LogP contribution in [-0.4, -0.2) is 15.0 Å². The van der Waals surface area contributed by atoms with E-state index in [0.717, 1.165) is 16.7 Å². The second-order valence-electron chi connectivity index (χ2n) is 4.32. The van der Waals surface area contributed by atoms with Crippen molar-refractivity contribution in [2.45, 2.75) is 10.9 Å². The molecule has 0 spiro atoms. The third-order valence-electron chi connectivity index (χ3n) is 2.78. The van der Waals surface area contributed by atoms with Gasteiger partial charge in [-0.1, -0.05) is 23.9 Å². The highest BCUT2D eigenvalue weighted by Gasteiger charge is 2.03. The van der Waals surface area contributed by atoms with E-state index in [1.165, 1.54) is 17.3 Å². The smallest absolute Gasteiger partial charge is 0.191 e. The number of aromatic nitrogens is 3. The van der Waals surface area contributed by atoms with Crippen LogP contribution in [0.25, 0.3) is 10.9 Å². The van der Waals surface area contributed by atoms with E-state index in [2.05, 4.69) is 27.1 Å². The molecule has 0 saturated heterocycles. The molecule has 0 aliphatic carbocycles. The maximum Gasteiger partial charge on any atom is 0.191 e. The summed E-state index contributed by atoms with van der Waals surface area (Å²) in [5, 5.41) is 1.72. The number of nitrogens with zero attached hydrogens (tertiary/aromatic N) is 3. The van der Waals surface area contributed by atoms with Gasteiger partial charge in [0, 0.05) is 23.4 Å². The van der Waals surface area contributed by atoms with Crippen LogP contribution in [0, 0.1) is 0 Å². The molecule has 0 aliphatic rings. The van der Waals surface area contributed by atoms with Crippen molar-refractivity contribution >= 4 is 34.3 Å². The topological polar surface area (TPSA) is 90.7 Å². The van der Waals surface area contributed by atoms with Gasteiger partial charge in [0.1, 0.15) is 11.6 Å². The summed E-state index contributed by atoms with van der Waals surface area (Å²) < 4.78 is 0. The molecule has 0 amide bonds. The van der Waals surface area contributed by atoms with Gasteiger partial charge in [-0.2, -0.15) is 0 Å². The van der Waals surface area contributed by atoms with Gasteiger partial charge in [-0.15, -0.1) is 0 Å². The van der Waals surface area contributed by atoms with Gasteiger partial charge in [-0.3, -0.25) is 4.98 Å². The molecule has 5 nitrogen and oxygen atoms in total. The van der Waals surface area contributed by atoms with E-state index in [-0.39, 0.29) is 0 Å². The molecule has 1 aromatic carbocycles. The van der Waals surface area contributed by atoms with Gasteiger partial charge in [-0.05, 0) is 23.8 Å². The number of fused-ring (bicyclic) bond motifs is 1. The molecule has 100 valence electrons. The zero-order valence-corrected chi connectivity index (χ0v) is 11.5. The fourth-order valence-corrected chi connectivity index (χ4v) is 2.70. The van der Waals surface area contributed by atoms with Crippen molar-refractivity contribution < 1.29 is 0 Å². The molecule has 0 radical (unpaired) electrons. The second-order valence-corrected chi connectivity index (χ2v) is 5.26. The van der Waals surface area contributed by atoms with Crippen LogP contribution in [0.1, 0.15) is 5.56 Å².